The van der Waals surface area contributed by atoms with Crippen molar-refractivity contribution in [3.05, 3.63) is 454 Å². The Morgan fingerprint density at radius 3 is 1.00 bits per heavy atom. The lowest BCUT2D eigenvalue weighted by Gasteiger charge is -2.07. The fraction of sp³-hybridized carbons (Fsp3) is 0.143. The van der Waals surface area contributed by atoms with Crippen molar-refractivity contribution in [2.24, 2.45) is 0 Å². The molecule has 21 rings (SSSR count). The second-order valence-electron chi connectivity index (χ2n) is 29.6. The first kappa shape index (κ1) is 96.1. The lowest BCUT2D eigenvalue weighted by molar-refractivity contribution is 0.460. The molecule has 0 aliphatic carbocycles. The van der Waals surface area contributed by atoms with Crippen LogP contribution in [-0.2, 0) is 91.0 Å². The molecule has 0 saturated heterocycles. The van der Waals surface area contributed by atoms with Crippen molar-refractivity contribution in [2.75, 3.05) is 0 Å². The lowest BCUT2D eigenvalue weighted by atomic mass is 10.2. The van der Waals surface area contributed by atoms with Crippen LogP contribution in [0.4, 0.5) is 0 Å². The summed E-state index contributed by atoms with van der Waals surface area (Å²) in [6.45, 7) is 4.57. The van der Waals surface area contributed by atoms with Crippen molar-refractivity contribution in [1.82, 2.24) is 148 Å². The molecule has 0 fully saturated rings. The van der Waals surface area contributed by atoms with Crippen LogP contribution in [0.1, 0.15) is 28.0 Å². The van der Waals surface area contributed by atoms with Crippen LogP contribution in [0.3, 0.4) is 0 Å². The lowest BCUT2D eigenvalue weighted by Crippen LogP contribution is -2.24. The molecule has 140 heavy (non-hydrogen) atoms. The van der Waals surface area contributed by atoms with Gasteiger partial charge in [0.15, 0.2) is 18.7 Å². The van der Waals surface area contributed by atoms with Crippen molar-refractivity contribution >= 4 is 22.7 Å². The second kappa shape index (κ2) is 50.6. The van der Waals surface area contributed by atoms with Gasteiger partial charge in [-0.15, -0.1) is 22.7 Å². The highest BCUT2D eigenvalue weighted by Crippen LogP contribution is 2.19. The summed E-state index contributed by atoms with van der Waals surface area (Å²) in [5, 5.41) is 39.4. The Morgan fingerprint density at radius 1 is 0.286 bits per heavy atom. The number of imidazole rings is 1. The largest absolute Gasteiger partial charge is 0.451 e. The van der Waals surface area contributed by atoms with Gasteiger partial charge in [0.25, 0.3) is 38.9 Å². The van der Waals surface area contributed by atoms with Gasteiger partial charge in [-0.1, -0.05) is 42.5 Å². The van der Waals surface area contributed by atoms with Gasteiger partial charge in [0.1, 0.15) is 58.1 Å². The molecule has 0 amide bonds. The highest BCUT2D eigenvalue weighted by molar-refractivity contribution is 7.09. The van der Waals surface area contributed by atoms with Crippen LogP contribution in [0.5, 0.6) is 0 Å². The monoisotopic (exact) mass is 1910 g/mol. The summed E-state index contributed by atoms with van der Waals surface area (Å²) in [6, 6.07) is 63.4. The third-order valence-electron chi connectivity index (χ3n) is 20.0. The molecular weight excluding hydrogens is 1820 g/mol. The molecule has 0 unspecified atom stereocenters. The number of pyridine rings is 7. The van der Waals surface area contributed by atoms with Crippen molar-refractivity contribution in [2.45, 2.75) is 91.0 Å². The Bertz CT molecular complexity index is 6440. The van der Waals surface area contributed by atoms with E-state index in [2.05, 4.69) is 106 Å². The normalized spacial score (nSPS) is 10.6. The van der Waals surface area contributed by atoms with Crippen LogP contribution in [0, 0.1) is 0 Å². The molecule has 0 atom stereocenters. The van der Waals surface area contributed by atoms with E-state index in [1.807, 2.05) is 161 Å². The van der Waals surface area contributed by atoms with Crippen LogP contribution >= 0.6 is 22.7 Å². The molecule has 0 aromatic carbocycles. The van der Waals surface area contributed by atoms with Crippen molar-refractivity contribution in [1.29, 1.82) is 0 Å². The van der Waals surface area contributed by atoms with Crippen molar-refractivity contribution in [3.8, 4) is 79.7 Å². The van der Waals surface area contributed by atoms with E-state index < -0.39 is 0 Å². The van der Waals surface area contributed by atoms with Gasteiger partial charge < -0.3 is 17.8 Å². The molecule has 0 spiro atoms. The second-order valence-corrected chi connectivity index (χ2v) is 31.3. The number of aromatic nitrogens is 30. The first-order chi connectivity index (χ1) is 68.8. The smallest absolute Gasteiger partial charge is 0.266 e. The molecule has 21 aromatic heterocycles. The van der Waals surface area contributed by atoms with Gasteiger partial charge in [0, 0.05) is 166 Å². The molecule has 0 bridgehead atoms. The minimum atomic E-state index is -0.156. The molecule has 21 aromatic rings. The van der Waals surface area contributed by atoms with Crippen molar-refractivity contribution in [3.63, 3.8) is 0 Å². The Labute approximate surface area is 803 Å². The Morgan fingerprint density at radius 2 is 0.679 bits per heavy atom. The van der Waals surface area contributed by atoms with E-state index in [0.717, 1.165) is 62.0 Å². The maximum absolute atomic E-state index is 11.8. The van der Waals surface area contributed by atoms with E-state index in [4.69, 9.17) is 13.3 Å². The predicted molar refractivity (Wildman–Crippen MR) is 519 cm³/mol. The molecule has 0 aliphatic rings. The molecule has 0 N–H and O–H groups in total. The summed E-state index contributed by atoms with van der Waals surface area (Å²) >= 11 is 3.13. The molecule has 0 radical (unpaired) electrons. The van der Waals surface area contributed by atoms with E-state index >= 15 is 0 Å². The number of hydrogen-bond donors (Lipinski definition) is 0. The number of thiazole rings is 2. The summed E-state index contributed by atoms with van der Waals surface area (Å²) in [5.41, 5.74) is 12.6. The molecule has 42 heteroatoms. The molecular formula is C98H86N30O10S2. The topological polar surface area (TPSA) is 474 Å². The third kappa shape index (κ3) is 29.0. The van der Waals surface area contributed by atoms with Gasteiger partial charge in [-0.3, -0.25) is 73.1 Å². The Balaban J connectivity index is 0.000000124. The SMILES string of the molecule is O=c1ccc(-c2ccccn2)nn1CCc1cnco1.O=c1ccc(-c2ccccn2)nn1CCc1cocn1.O=c1ccc(-c2ccccn2)nn1CCc1cscn1.O=c1ccc(-c2ccccn2)nn1CCc1ncco1.O=c1ccc(-c2ccccn2)nn1CCc1nccs1.O=c1ccc(-c2ccccn2)nn1CCn1cccn1.O=c1ccc(-c2ccccn2)nn1CCn1ccnc1. The van der Waals surface area contributed by atoms with Crippen LogP contribution in [-0.4, -0.2) is 148 Å². The number of nitrogens with zero attached hydrogens (tertiary/aromatic N) is 30. The average molecular weight is 1910 g/mol. The molecule has 700 valence electrons. The summed E-state index contributed by atoms with van der Waals surface area (Å²) < 4.78 is 28.9. The van der Waals surface area contributed by atoms with Gasteiger partial charge in [0.2, 0.25) is 0 Å². The molecule has 0 aliphatic heterocycles. The van der Waals surface area contributed by atoms with Gasteiger partial charge in [-0.05, 0) is 133 Å². The van der Waals surface area contributed by atoms with Crippen LogP contribution in [0.15, 0.2) is 400 Å². The quantitative estimate of drug-likeness (QED) is 0.0439. The maximum atomic E-state index is 11.8. The van der Waals surface area contributed by atoms with E-state index in [0.29, 0.717) is 137 Å². The highest BCUT2D eigenvalue weighted by Gasteiger charge is 2.14. The number of hydrogen-bond acceptors (Lipinski definition) is 33. The fourth-order valence-corrected chi connectivity index (χ4v) is 14.2. The fourth-order valence-electron chi connectivity index (χ4n) is 13.0. The number of rotatable bonds is 28. The van der Waals surface area contributed by atoms with Crippen molar-refractivity contribution < 1.29 is 13.3 Å². The zero-order valence-corrected chi connectivity index (χ0v) is 76.3. The molecule has 40 nitrogen and oxygen atoms in total. The van der Waals surface area contributed by atoms with E-state index in [-0.39, 0.29) is 38.9 Å². The molecule has 0 saturated carbocycles. The Kier molecular flexibility index (Phi) is 34.7. The van der Waals surface area contributed by atoms with Crippen LogP contribution < -0.4 is 38.9 Å². The Hall–Kier alpha value is -18.5. The number of oxazole rings is 3. The molecule has 21 heterocycles. The van der Waals surface area contributed by atoms with Gasteiger partial charge in [-0.2, -0.15) is 40.8 Å². The first-order valence-corrected chi connectivity index (χ1v) is 45.4. The standard InChI is InChI=1S/2C14H13N5O.3C14H12N4O2.2C14H12N4OS/c20-14-6-5-13(12-4-1-2-7-15-12)17-19(14)11-10-18-9-3-8-16-18;20-14-5-4-13(12-3-1-2-6-16-12)17-19(14)10-9-18-8-7-15-11-18;19-14-5-4-12(11-3-1-2-7-15-11)17-18(14)9-6-13-16-8-10-20-13;19-14-5-4-13(12-3-1-2-7-16-12)17-18(14)8-6-11-9-15-10-20-11;19-14-5-4-13(12-3-1-2-7-15-12)17-18(14)8-6-11-9-20-10-16-11;19-14-5-4-12(11-3-1-2-7-15-11)17-18(14)9-6-13-16-8-10-20-13;19-14-5-4-13(12-3-1-2-7-15-12)17-18(14)8-6-11-9-20-10-16-11/h1-9H,10-11H2;1-8,11H,9-10H2;1-5,7-8,10H,6,9H2;2*1-5,7,9-10H,6,8H2;1-5,7-8,10H,6,9H2;1-5,7,9-10H,6,8H2. The van der Waals surface area contributed by atoms with E-state index in [1.54, 1.807) is 162 Å². The van der Waals surface area contributed by atoms with E-state index in [9.17, 15) is 33.6 Å². The minimum absolute atomic E-state index is 0.110. The summed E-state index contributed by atoms with van der Waals surface area (Å²) in [6.07, 6.45) is 34.6. The first-order valence-electron chi connectivity index (χ1n) is 43.6. The van der Waals surface area contributed by atoms with Crippen LogP contribution in [0.25, 0.3) is 79.7 Å². The van der Waals surface area contributed by atoms with Crippen LogP contribution in [0.2, 0.25) is 0 Å². The zero-order valence-electron chi connectivity index (χ0n) is 74.7. The highest BCUT2D eigenvalue weighted by atomic mass is 32.1. The van der Waals surface area contributed by atoms with Gasteiger partial charge >= 0.3 is 0 Å². The number of aryl methyl sites for hydroxylation is 14. The maximum Gasteiger partial charge on any atom is 0.266 e. The zero-order chi connectivity index (χ0) is 96.5. The predicted octanol–water partition coefficient (Wildman–Crippen LogP) is 11.0. The summed E-state index contributed by atoms with van der Waals surface area (Å²) in [7, 11) is 0. The summed E-state index contributed by atoms with van der Waals surface area (Å²) in [4.78, 5) is 137. The minimum Gasteiger partial charge on any atom is -0.451 e. The van der Waals surface area contributed by atoms with Gasteiger partial charge in [-0.25, -0.2) is 62.7 Å². The summed E-state index contributed by atoms with van der Waals surface area (Å²) in [5.74, 6) is 1.31. The van der Waals surface area contributed by atoms with Gasteiger partial charge in [0.05, 0.1) is 133 Å². The van der Waals surface area contributed by atoms with E-state index in [1.165, 1.54) is 94.3 Å². The average Bonchev–Trinajstić information content (AvgIpc) is 1.41. The third-order valence-corrected chi connectivity index (χ3v) is 21.5.